The van der Waals surface area contributed by atoms with Crippen LogP contribution in [0.5, 0.6) is 0 Å². The molecule has 0 fully saturated rings. The molecule has 1 aromatic rings. The van der Waals surface area contributed by atoms with Crippen molar-refractivity contribution in [1.82, 2.24) is 4.98 Å². The first-order valence-electron chi connectivity index (χ1n) is 3.11. The van der Waals surface area contributed by atoms with E-state index in [2.05, 4.69) is 4.98 Å². The summed E-state index contributed by atoms with van der Waals surface area (Å²) in [7, 11) is 0. The van der Waals surface area contributed by atoms with Crippen molar-refractivity contribution >= 4 is 5.97 Å². The summed E-state index contributed by atoms with van der Waals surface area (Å²) in [5.74, 6) is -3.02. The van der Waals surface area contributed by atoms with E-state index in [0.29, 0.717) is 6.07 Å². The van der Waals surface area contributed by atoms with Gasteiger partial charge < -0.3 is 5.11 Å². The number of rotatable bonds is 2. The number of carboxylic acids is 1. The van der Waals surface area contributed by atoms with E-state index in [4.69, 9.17) is 5.11 Å². The molecule has 0 saturated heterocycles. The summed E-state index contributed by atoms with van der Waals surface area (Å²) in [6.45, 7) is 0. The number of aromatic nitrogens is 1. The van der Waals surface area contributed by atoms with Crippen LogP contribution in [-0.2, 0) is 11.2 Å². The van der Waals surface area contributed by atoms with Gasteiger partial charge in [-0.25, -0.2) is 9.37 Å². The average Bonchev–Trinajstić information content (AvgIpc) is 1.94. The molecule has 0 bridgehead atoms. The molecule has 0 saturated carbocycles. The van der Waals surface area contributed by atoms with Crippen molar-refractivity contribution in [3.8, 4) is 0 Å². The van der Waals surface area contributed by atoms with Crippen molar-refractivity contribution < 1.29 is 18.7 Å². The molecule has 12 heavy (non-hydrogen) atoms. The van der Waals surface area contributed by atoms with Crippen LogP contribution >= 0.6 is 0 Å². The summed E-state index contributed by atoms with van der Waals surface area (Å²) in [5.41, 5.74) is -0.121. The number of carbonyl (C=O) groups is 1. The van der Waals surface area contributed by atoms with Gasteiger partial charge in [0.2, 0.25) is 5.95 Å². The zero-order chi connectivity index (χ0) is 9.14. The Morgan fingerprint density at radius 2 is 2.25 bits per heavy atom. The van der Waals surface area contributed by atoms with Crippen molar-refractivity contribution in [2.24, 2.45) is 0 Å². The number of hydrogen-bond donors (Lipinski definition) is 1. The molecule has 0 aliphatic carbocycles. The third-order valence-corrected chi connectivity index (χ3v) is 1.24. The van der Waals surface area contributed by atoms with E-state index >= 15 is 0 Å². The Morgan fingerprint density at radius 1 is 1.58 bits per heavy atom. The van der Waals surface area contributed by atoms with Crippen LogP contribution in [0.4, 0.5) is 8.78 Å². The van der Waals surface area contributed by atoms with Gasteiger partial charge in [-0.15, -0.1) is 0 Å². The highest BCUT2D eigenvalue weighted by molar-refractivity contribution is 5.70. The van der Waals surface area contributed by atoms with Gasteiger partial charge in [0, 0.05) is 17.8 Å². The van der Waals surface area contributed by atoms with Crippen LogP contribution in [-0.4, -0.2) is 16.1 Å². The molecule has 0 radical (unpaired) electrons. The van der Waals surface area contributed by atoms with Crippen LogP contribution in [0, 0.1) is 11.8 Å². The van der Waals surface area contributed by atoms with Gasteiger partial charge in [0.1, 0.15) is 5.82 Å². The molecule has 0 aliphatic heterocycles. The van der Waals surface area contributed by atoms with Gasteiger partial charge in [-0.1, -0.05) is 0 Å². The second kappa shape index (κ2) is 3.25. The topological polar surface area (TPSA) is 50.2 Å². The number of pyridine rings is 1. The third-order valence-electron chi connectivity index (χ3n) is 1.24. The summed E-state index contributed by atoms with van der Waals surface area (Å²) in [6.07, 6.45) is 0.387. The molecule has 0 spiro atoms. The van der Waals surface area contributed by atoms with Crippen molar-refractivity contribution in [3.05, 3.63) is 29.6 Å². The first-order chi connectivity index (χ1) is 5.59. The van der Waals surface area contributed by atoms with E-state index in [0.717, 1.165) is 6.20 Å². The van der Waals surface area contributed by atoms with E-state index in [1.807, 2.05) is 0 Å². The highest BCUT2D eigenvalue weighted by atomic mass is 19.1. The minimum atomic E-state index is -1.18. The maximum absolute atomic E-state index is 12.7. The minimum Gasteiger partial charge on any atom is -0.481 e. The van der Waals surface area contributed by atoms with Crippen LogP contribution in [0.25, 0.3) is 0 Å². The molecule has 0 aliphatic rings. The molecule has 0 aromatic carbocycles. The predicted octanol–water partition coefficient (Wildman–Crippen LogP) is 0.987. The quantitative estimate of drug-likeness (QED) is 0.678. The van der Waals surface area contributed by atoms with E-state index < -0.39 is 24.2 Å². The fourth-order valence-electron chi connectivity index (χ4n) is 0.729. The molecule has 3 nitrogen and oxygen atoms in total. The first-order valence-corrected chi connectivity index (χ1v) is 3.11. The molecule has 0 unspecified atom stereocenters. The third kappa shape index (κ3) is 1.98. The number of nitrogens with zero attached hydrogens (tertiary/aromatic N) is 1. The van der Waals surface area contributed by atoms with Crippen molar-refractivity contribution in [3.63, 3.8) is 0 Å². The van der Waals surface area contributed by atoms with Crippen molar-refractivity contribution in [2.45, 2.75) is 6.42 Å². The van der Waals surface area contributed by atoms with Crippen molar-refractivity contribution in [1.29, 1.82) is 0 Å². The largest absolute Gasteiger partial charge is 0.481 e. The molecular weight excluding hydrogens is 168 g/mol. The van der Waals surface area contributed by atoms with Gasteiger partial charge in [0.05, 0.1) is 6.42 Å². The predicted molar refractivity (Wildman–Crippen MR) is 35.5 cm³/mol. The lowest BCUT2D eigenvalue weighted by Crippen LogP contribution is -2.03. The minimum absolute atomic E-state index is 0.121. The molecule has 64 valence electrons. The second-order valence-electron chi connectivity index (χ2n) is 2.17. The average molecular weight is 173 g/mol. The number of aliphatic carboxylic acids is 1. The van der Waals surface area contributed by atoms with Crippen LogP contribution in [0.2, 0.25) is 0 Å². The SMILES string of the molecule is O=C(O)Cc1cnc(F)cc1F. The zero-order valence-corrected chi connectivity index (χ0v) is 5.92. The van der Waals surface area contributed by atoms with Gasteiger partial charge in [-0.2, -0.15) is 4.39 Å². The highest BCUT2D eigenvalue weighted by Gasteiger charge is 2.07. The lowest BCUT2D eigenvalue weighted by Gasteiger charge is -1.97. The van der Waals surface area contributed by atoms with E-state index in [1.165, 1.54) is 0 Å². The summed E-state index contributed by atoms with van der Waals surface area (Å²) in [5, 5.41) is 8.27. The molecule has 0 atom stereocenters. The molecule has 5 heteroatoms. The maximum Gasteiger partial charge on any atom is 0.307 e. The molecular formula is C7H5F2NO2. The normalized spacial score (nSPS) is 9.83. The Morgan fingerprint density at radius 3 is 2.75 bits per heavy atom. The lowest BCUT2D eigenvalue weighted by atomic mass is 10.2. The highest BCUT2D eigenvalue weighted by Crippen LogP contribution is 2.07. The van der Waals surface area contributed by atoms with Gasteiger partial charge >= 0.3 is 5.97 Å². The molecule has 1 rings (SSSR count). The fraction of sp³-hybridized carbons (Fsp3) is 0.143. The van der Waals surface area contributed by atoms with E-state index in [1.54, 1.807) is 0 Å². The van der Waals surface area contributed by atoms with Gasteiger partial charge in [-0.3, -0.25) is 4.79 Å². The van der Waals surface area contributed by atoms with Crippen LogP contribution in [0.1, 0.15) is 5.56 Å². The summed E-state index contributed by atoms with van der Waals surface area (Å²) < 4.78 is 24.9. The Hall–Kier alpha value is -1.52. The Bertz CT molecular complexity index is 314. The fourth-order valence-corrected chi connectivity index (χ4v) is 0.729. The maximum atomic E-state index is 12.7. The second-order valence-corrected chi connectivity index (χ2v) is 2.17. The molecule has 1 aromatic heterocycles. The van der Waals surface area contributed by atoms with Gasteiger partial charge in [0.15, 0.2) is 0 Å². The summed E-state index contributed by atoms with van der Waals surface area (Å²) in [4.78, 5) is 13.2. The standard InChI is InChI=1S/C7H5F2NO2/c8-5-2-6(9)10-3-4(5)1-7(11)12/h2-3H,1H2,(H,11,12). The monoisotopic (exact) mass is 173 g/mol. The van der Waals surface area contributed by atoms with Crippen molar-refractivity contribution in [2.75, 3.05) is 0 Å². The van der Waals surface area contributed by atoms with E-state index in [-0.39, 0.29) is 5.56 Å². The van der Waals surface area contributed by atoms with Crippen LogP contribution in [0.15, 0.2) is 12.3 Å². The first kappa shape index (κ1) is 8.58. The van der Waals surface area contributed by atoms with Gasteiger partial charge in [-0.05, 0) is 0 Å². The lowest BCUT2D eigenvalue weighted by molar-refractivity contribution is -0.136. The Balaban J connectivity index is 2.93. The number of carboxylic acid groups (broad SMARTS) is 1. The van der Waals surface area contributed by atoms with Crippen LogP contribution < -0.4 is 0 Å². The Kier molecular flexibility index (Phi) is 2.32. The smallest absolute Gasteiger partial charge is 0.307 e. The Labute approximate surface area is 66.7 Å². The van der Waals surface area contributed by atoms with Gasteiger partial charge in [0.25, 0.3) is 0 Å². The molecule has 0 amide bonds. The zero-order valence-electron chi connectivity index (χ0n) is 5.92. The van der Waals surface area contributed by atoms with E-state index in [9.17, 15) is 13.6 Å². The molecule has 1 heterocycles. The number of hydrogen-bond acceptors (Lipinski definition) is 2. The summed E-state index contributed by atoms with van der Waals surface area (Å²) in [6, 6.07) is 0.554. The summed E-state index contributed by atoms with van der Waals surface area (Å²) >= 11 is 0. The number of halogens is 2. The van der Waals surface area contributed by atoms with Crippen LogP contribution in [0.3, 0.4) is 0 Å². The molecule has 1 N–H and O–H groups in total.